The van der Waals surface area contributed by atoms with E-state index in [-0.39, 0.29) is 24.4 Å². The third kappa shape index (κ3) is 3.63. The van der Waals surface area contributed by atoms with Gasteiger partial charge in [-0.05, 0) is 22.9 Å². The van der Waals surface area contributed by atoms with Crippen molar-refractivity contribution < 1.29 is 14.5 Å². The van der Waals surface area contributed by atoms with E-state index in [0.29, 0.717) is 6.54 Å². The fourth-order valence-corrected chi connectivity index (χ4v) is 4.81. The highest BCUT2D eigenvalue weighted by atomic mass is 32.1. The molecule has 0 saturated heterocycles. The lowest BCUT2D eigenvalue weighted by Crippen LogP contribution is -3.14. The molecule has 2 amide bonds. The molecule has 23 heavy (non-hydrogen) atoms. The van der Waals surface area contributed by atoms with Gasteiger partial charge >= 0.3 is 0 Å². The molecule has 0 spiro atoms. The van der Waals surface area contributed by atoms with Crippen molar-refractivity contribution in [2.45, 2.75) is 12.5 Å². The first kappa shape index (κ1) is 16.2. The molecule has 3 heterocycles. The summed E-state index contributed by atoms with van der Waals surface area (Å²) in [6.07, 6.45) is 1.01. The van der Waals surface area contributed by atoms with E-state index in [2.05, 4.69) is 39.6 Å². The molecule has 5 nitrogen and oxygen atoms in total. The normalized spacial score (nSPS) is 19.9. The van der Waals surface area contributed by atoms with Crippen LogP contribution in [0.25, 0.3) is 0 Å². The zero-order chi connectivity index (χ0) is 16.2. The van der Waals surface area contributed by atoms with Crippen molar-refractivity contribution in [3.8, 4) is 0 Å². The highest BCUT2D eigenvalue weighted by molar-refractivity contribution is 7.10. The van der Waals surface area contributed by atoms with E-state index in [4.69, 9.17) is 0 Å². The van der Waals surface area contributed by atoms with Gasteiger partial charge in [0, 0.05) is 23.9 Å². The Kier molecular flexibility index (Phi) is 5.09. The maximum absolute atomic E-state index is 12.2. The van der Waals surface area contributed by atoms with Crippen molar-refractivity contribution in [2.24, 2.45) is 0 Å². The van der Waals surface area contributed by atoms with Crippen LogP contribution in [0.3, 0.4) is 0 Å². The van der Waals surface area contributed by atoms with Crippen molar-refractivity contribution >= 4 is 34.5 Å². The molecule has 0 bridgehead atoms. The molecule has 1 unspecified atom stereocenters. The van der Waals surface area contributed by atoms with Gasteiger partial charge in [0.2, 0.25) is 5.91 Å². The first-order valence-corrected chi connectivity index (χ1v) is 9.36. The summed E-state index contributed by atoms with van der Waals surface area (Å²) < 4.78 is 0. The predicted octanol–water partition coefficient (Wildman–Crippen LogP) is 0.202. The number of carbonyl (C=O) groups is 2. The van der Waals surface area contributed by atoms with E-state index in [1.54, 1.807) is 29.7 Å². The fraction of sp³-hybridized carbons (Fsp3) is 0.375. The van der Waals surface area contributed by atoms with Crippen molar-refractivity contribution in [1.82, 2.24) is 10.6 Å². The van der Waals surface area contributed by atoms with Gasteiger partial charge in [0.1, 0.15) is 6.04 Å². The third-order valence-electron chi connectivity index (χ3n) is 4.11. The van der Waals surface area contributed by atoms with Gasteiger partial charge in [0.25, 0.3) is 5.91 Å². The molecule has 0 aromatic carbocycles. The predicted molar refractivity (Wildman–Crippen MR) is 92.0 cm³/mol. The van der Waals surface area contributed by atoms with E-state index in [9.17, 15) is 9.59 Å². The van der Waals surface area contributed by atoms with Gasteiger partial charge in [-0.25, -0.2) is 0 Å². The Morgan fingerprint density at radius 2 is 2.13 bits per heavy atom. The second kappa shape index (κ2) is 7.25. The number of thiophene rings is 2. The molecule has 0 fully saturated rings. The summed E-state index contributed by atoms with van der Waals surface area (Å²) in [5.41, 5.74) is 1.35. The first-order chi connectivity index (χ1) is 11.2. The molecule has 1 aliphatic rings. The lowest BCUT2D eigenvalue weighted by atomic mass is 9.98. The number of likely N-dealkylation sites (N-methyl/N-ethyl adjacent to an activating group) is 1. The van der Waals surface area contributed by atoms with Crippen molar-refractivity contribution in [2.75, 3.05) is 26.7 Å². The van der Waals surface area contributed by atoms with Crippen molar-refractivity contribution in [3.63, 3.8) is 0 Å². The molecule has 1 aliphatic heterocycles. The van der Waals surface area contributed by atoms with Crippen LogP contribution in [0.15, 0.2) is 29.0 Å². The average Bonchev–Trinajstić information content (AvgIpc) is 3.23. The van der Waals surface area contributed by atoms with Crippen LogP contribution in [0, 0.1) is 0 Å². The second-order valence-electron chi connectivity index (χ2n) is 5.53. The lowest BCUT2D eigenvalue weighted by molar-refractivity contribution is -0.919. The molecular formula is C16H20N3O2S2+. The molecule has 0 aliphatic carbocycles. The van der Waals surface area contributed by atoms with Crippen LogP contribution >= 0.6 is 22.7 Å². The average molecular weight is 350 g/mol. The number of rotatable bonds is 5. The number of fused-ring (bicyclic) bond motifs is 1. The summed E-state index contributed by atoms with van der Waals surface area (Å²) in [6.45, 7) is 1.36. The standard InChI is InChI=1S/C16H19N3O2S2/c1-17-14(20)9-18-15(21)10-19-6-4-12-11(5-8-23-12)16(19)13-3-2-7-22-13/h2-3,5,7-8,16H,4,6,9-10H2,1H3,(H,17,20)(H,18,21)/p+1/t16-/m0/s1. The van der Waals surface area contributed by atoms with Gasteiger partial charge in [-0.3, -0.25) is 9.59 Å². The maximum atomic E-state index is 12.2. The number of hydrogen-bond donors (Lipinski definition) is 3. The molecule has 0 saturated carbocycles. The molecule has 2 aromatic rings. The zero-order valence-corrected chi connectivity index (χ0v) is 14.6. The number of carbonyl (C=O) groups excluding carboxylic acids is 2. The lowest BCUT2D eigenvalue weighted by Gasteiger charge is -2.31. The van der Waals surface area contributed by atoms with Crippen LogP contribution in [-0.4, -0.2) is 38.5 Å². The van der Waals surface area contributed by atoms with E-state index in [0.717, 1.165) is 13.0 Å². The number of quaternary nitrogens is 1. The Hall–Kier alpha value is -1.70. The molecule has 122 valence electrons. The van der Waals surface area contributed by atoms with Crippen molar-refractivity contribution in [1.29, 1.82) is 0 Å². The molecule has 2 aromatic heterocycles. The van der Waals surface area contributed by atoms with E-state index < -0.39 is 0 Å². The highest BCUT2D eigenvalue weighted by Crippen LogP contribution is 2.31. The maximum Gasteiger partial charge on any atom is 0.275 e. The summed E-state index contributed by atoms with van der Waals surface area (Å²) in [6, 6.07) is 6.61. The van der Waals surface area contributed by atoms with E-state index >= 15 is 0 Å². The number of nitrogens with one attached hydrogen (secondary N) is 3. The van der Waals surface area contributed by atoms with Crippen LogP contribution in [-0.2, 0) is 16.0 Å². The molecular weight excluding hydrogens is 330 g/mol. The minimum atomic E-state index is -0.179. The first-order valence-electron chi connectivity index (χ1n) is 7.60. The van der Waals surface area contributed by atoms with E-state index in [1.165, 1.54) is 20.2 Å². The Bertz CT molecular complexity index is 681. The van der Waals surface area contributed by atoms with Crippen molar-refractivity contribution in [3.05, 3.63) is 44.3 Å². The SMILES string of the molecule is CNC(=O)CNC(=O)C[NH+]1CCc2sccc2[C@H]1c1cccs1. The topological polar surface area (TPSA) is 62.6 Å². The van der Waals surface area contributed by atoms with Gasteiger partial charge in [0.05, 0.1) is 18.0 Å². The summed E-state index contributed by atoms with van der Waals surface area (Å²) >= 11 is 3.54. The van der Waals surface area contributed by atoms with Gasteiger partial charge in [-0.2, -0.15) is 0 Å². The molecule has 3 rings (SSSR count). The molecule has 2 atom stereocenters. The van der Waals surface area contributed by atoms with E-state index in [1.807, 2.05) is 0 Å². The minimum absolute atomic E-state index is 0.0377. The Morgan fingerprint density at radius 1 is 1.26 bits per heavy atom. The highest BCUT2D eigenvalue weighted by Gasteiger charge is 2.35. The smallest absolute Gasteiger partial charge is 0.275 e. The van der Waals surface area contributed by atoms with Gasteiger partial charge in [-0.1, -0.05) is 6.07 Å². The van der Waals surface area contributed by atoms with Gasteiger partial charge in [0.15, 0.2) is 6.54 Å². The number of amides is 2. The van der Waals surface area contributed by atoms with Gasteiger partial charge < -0.3 is 15.5 Å². The summed E-state index contributed by atoms with van der Waals surface area (Å²) in [4.78, 5) is 27.4. The number of hydrogen-bond acceptors (Lipinski definition) is 4. The quantitative estimate of drug-likeness (QED) is 0.722. The monoisotopic (exact) mass is 350 g/mol. The molecule has 3 N–H and O–H groups in total. The largest absolute Gasteiger partial charge is 0.358 e. The fourth-order valence-electron chi connectivity index (χ4n) is 2.99. The van der Waals surface area contributed by atoms with Crippen LogP contribution < -0.4 is 15.5 Å². The zero-order valence-electron chi connectivity index (χ0n) is 12.9. The van der Waals surface area contributed by atoms with Crippen LogP contribution in [0.4, 0.5) is 0 Å². The minimum Gasteiger partial charge on any atom is -0.358 e. The van der Waals surface area contributed by atoms with Gasteiger partial charge in [-0.15, -0.1) is 22.7 Å². The Labute approximate surface area is 143 Å². The third-order valence-corrected chi connectivity index (χ3v) is 6.05. The molecule has 0 radical (unpaired) electrons. The van der Waals surface area contributed by atoms with Crippen LogP contribution in [0.1, 0.15) is 21.4 Å². The second-order valence-corrected chi connectivity index (χ2v) is 7.51. The summed E-state index contributed by atoms with van der Waals surface area (Å²) in [5.74, 6) is -0.259. The van der Waals surface area contributed by atoms with Crippen LogP contribution in [0.5, 0.6) is 0 Å². The molecule has 7 heteroatoms. The summed E-state index contributed by atoms with van der Waals surface area (Å²) in [5, 5.41) is 9.43. The Morgan fingerprint density at radius 3 is 2.87 bits per heavy atom. The van der Waals surface area contributed by atoms with Crippen LogP contribution in [0.2, 0.25) is 0 Å². The summed E-state index contributed by atoms with van der Waals surface area (Å²) in [7, 11) is 1.56. The Balaban J connectivity index is 1.73.